The van der Waals surface area contributed by atoms with Crippen molar-refractivity contribution in [1.29, 1.82) is 0 Å². The minimum Gasteiger partial charge on any atom is -0.306 e. The first-order valence-electron chi connectivity index (χ1n) is 6.17. The van der Waals surface area contributed by atoms with Crippen LogP contribution in [-0.2, 0) is 0 Å². The Morgan fingerprint density at radius 1 is 1.22 bits per heavy atom. The lowest BCUT2D eigenvalue weighted by Crippen LogP contribution is -2.22. The zero-order valence-electron chi connectivity index (χ0n) is 11.0. The fourth-order valence-electron chi connectivity index (χ4n) is 2.19. The van der Waals surface area contributed by atoms with E-state index in [4.69, 9.17) is 0 Å². The second kappa shape index (κ2) is 6.00. The van der Waals surface area contributed by atoms with E-state index in [9.17, 15) is 0 Å². The minimum absolute atomic E-state index is 0.308. The predicted molar refractivity (Wildman–Crippen MR) is 83.5 cm³/mol. The van der Waals surface area contributed by atoms with Gasteiger partial charge in [0.2, 0.25) is 0 Å². The Morgan fingerprint density at radius 2 is 2.00 bits per heavy atom. The number of halogens is 1. The maximum absolute atomic E-state index is 3.60. The highest BCUT2D eigenvalue weighted by atomic mass is 79.9. The van der Waals surface area contributed by atoms with Crippen molar-refractivity contribution in [2.45, 2.75) is 26.8 Å². The van der Waals surface area contributed by atoms with Crippen LogP contribution in [0.25, 0.3) is 0 Å². The SMILES string of the molecule is CCNC(c1ccc(Br)cc1C)c1sccc1C. The molecule has 0 fully saturated rings. The Hall–Kier alpha value is -0.640. The number of hydrogen-bond donors (Lipinski definition) is 1. The van der Waals surface area contributed by atoms with Gasteiger partial charge in [-0.05, 0) is 60.7 Å². The van der Waals surface area contributed by atoms with E-state index in [1.54, 1.807) is 0 Å². The molecule has 0 aliphatic rings. The van der Waals surface area contributed by atoms with Crippen LogP contribution in [0.3, 0.4) is 0 Å². The number of thiophene rings is 1. The highest BCUT2D eigenvalue weighted by Crippen LogP contribution is 2.32. The quantitative estimate of drug-likeness (QED) is 0.850. The summed E-state index contributed by atoms with van der Waals surface area (Å²) in [5, 5.41) is 5.77. The predicted octanol–water partition coefficient (Wildman–Crippen LogP) is 4.83. The van der Waals surface area contributed by atoms with Crippen molar-refractivity contribution in [3.8, 4) is 0 Å². The van der Waals surface area contributed by atoms with Crippen LogP contribution in [0.2, 0.25) is 0 Å². The van der Waals surface area contributed by atoms with Gasteiger partial charge in [-0.15, -0.1) is 11.3 Å². The van der Waals surface area contributed by atoms with Crippen LogP contribution in [-0.4, -0.2) is 6.54 Å². The molecule has 0 spiro atoms. The van der Waals surface area contributed by atoms with Crippen molar-refractivity contribution in [2.75, 3.05) is 6.54 Å². The van der Waals surface area contributed by atoms with Crippen molar-refractivity contribution in [2.24, 2.45) is 0 Å². The highest BCUT2D eigenvalue weighted by Gasteiger charge is 2.18. The summed E-state index contributed by atoms with van der Waals surface area (Å²) in [7, 11) is 0. The number of nitrogens with one attached hydrogen (secondary N) is 1. The van der Waals surface area contributed by atoms with E-state index in [0.29, 0.717) is 6.04 Å². The maximum atomic E-state index is 3.60. The smallest absolute Gasteiger partial charge is 0.0676 e. The van der Waals surface area contributed by atoms with Gasteiger partial charge in [-0.3, -0.25) is 0 Å². The Morgan fingerprint density at radius 3 is 2.56 bits per heavy atom. The second-order valence-corrected chi connectivity index (χ2v) is 6.32. The highest BCUT2D eigenvalue weighted by molar-refractivity contribution is 9.10. The number of hydrogen-bond acceptors (Lipinski definition) is 2. The van der Waals surface area contributed by atoms with Gasteiger partial charge >= 0.3 is 0 Å². The van der Waals surface area contributed by atoms with Crippen molar-refractivity contribution >= 4 is 27.3 Å². The molecular formula is C15H18BrNS. The van der Waals surface area contributed by atoms with Gasteiger partial charge < -0.3 is 5.32 Å². The molecule has 0 saturated carbocycles. The first-order valence-corrected chi connectivity index (χ1v) is 7.84. The summed E-state index contributed by atoms with van der Waals surface area (Å²) in [5.74, 6) is 0. The van der Waals surface area contributed by atoms with E-state index in [2.05, 4.69) is 71.7 Å². The van der Waals surface area contributed by atoms with E-state index in [1.165, 1.54) is 21.6 Å². The molecule has 0 aliphatic heterocycles. The van der Waals surface area contributed by atoms with Gasteiger partial charge in [-0.1, -0.05) is 28.9 Å². The van der Waals surface area contributed by atoms with E-state index in [1.807, 2.05) is 11.3 Å². The fourth-order valence-corrected chi connectivity index (χ4v) is 3.69. The minimum atomic E-state index is 0.308. The lowest BCUT2D eigenvalue weighted by molar-refractivity contribution is 0.634. The molecule has 1 unspecified atom stereocenters. The van der Waals surface area contributed by atoms with Crippen LogP contribution >= 0.6 is 27.3 Å². The lowest BCUT2D eigenvalue weighted by Gasteiger charge is -2.20. The monoisotopic (exact) mass is 323 g/mol. The van der Waals surface area contributed by atoms with Gasteiger partial charge in [0.05, 0.1) is 6.04 Å². The fraction of sp³-hybridized carbons (Fsp3) is 0.333. The third-order valence-corrected chi connectivity index (χ3v) is 4.69. The van der Waals surface area contributed by atoms with Crippen molar-refractivity contribution in [3.63, 3.8) is 0 Å². The molecule has 1 atom stereocenters. The lowest BCUT2D eigenvalue weighted by atomic mass is 9.98. The number of benzene rings is 1. The molecule has 96 valence electrons. The molecule has 1 nitrogen and oxygen atoms in total. The molecule has 0 bridgehead atoms. The van der Waals surface area contributed by atoms with Crippen molar-refractivity contribution < 1.29 is 0 Å². The first-order chi connectivity index (χ1) is 8.63. The van der Waals surface area contributed by atoms with Gasteiger partial charge in [-0.2, -0.15) is 0 Å². The molecule has 0 amide bonds. The molecule has 1 aromatic heterocycles. The normalized spacial score (nSPS) is 12.7. The summed E-state index contributed by atoms with van der Waals surface area (Å²) in [4.78, 5) is 1.42. The molecule has 1 heterocycles. The molecule has 0 saturated heterocycles. The van der Waals surface area contributed by atoms with E-state index >= 15 is 0 Å². The molecular weight excluding hydrogens is 306 g/mol. The molecule has 0 aliphatic carbocycles. The van der Waals surface area contributed by atoms with Gasteiger partial charge in [0.15, 0.2) is 0 Å². The molecule has 18 heavy (non-hydrogen) atoms. The average molecular weight is 324 g/mol. The van der Waals surface area contributed by atoms with Crippen LogP contribution in [0.15, 0.2) is 34.1 Å². The van der Waals surface area contributed by atoms with Crippen LogP contribution in [0.4, 0.5) is 0 Å². The zero-order chi connectivity index (χ0) is 13.1. The maximum Gasteiger partial charge on any atom is 0.0676 e. The van der Waals surface area contributed by atoms with E-state index < -0.39 is 0 Å². The summed E-state index contributed by atoms with van der Waals surface area (Å²) >= 11 is 5.36. The van der Waals surface area contributed by atoms with Crippen LogP contribution < -0.4 is 5.32 Å². The third-order valence-electron chi connectivity index (χ3n) is 3.11. The topological polar surface area (TPSA) is 12.0 Å². The summed E-state index contributed by atoms with van der Waals surface area (Å²) in [6.07, 6.45) is 0. The van der Waals surface area contributed by atoms with Gasteiger partial charge in [0, 0.05) is 9.35 Å². The average Bonchev–Trinajstić information content (AvgIpc) is 2.73. The van der Waals surface area contributed by atoms with E-state index in [-0.39, 0.29) is 0 Å². The Bertz CT molecular complexity index is 533. The second-order valence-electron chi connectivity index (χ2n) is 4.46. The Balaban J connectivity index is 2.45. The largest absolute Gasteiger partial charge is 0.306 e. The number of aryl methyl sites for hydroxylation is 2. The zero-order valence-corrected chi connectivity index (χ0v) is 13.4. The molecule has 3 heteroatoms. The van der Waals surface area contributed by atoms with Crippen molar-refractivity contribution in [1.82, 2.24) is 5.32 Å². The van der Waals surface area contributed by atoms with Crippen LogP contribution in [0, 0.1) is 13.8 Å². The van der Waals surface area contributed by atoms with Gasteiger partial charge in [-0.25, -0.2) is 0 Å². The summed E-state index contributed by atoms with van der Waals surface area (Å²) in [6.45, 7) is 7.49. The summed E-state index contributed by atoms with van der Waals surface area (Å²) in [5.41, 5.74) is 4.06. The van der Waals surface area contributed by atoms with Crippen LogP contribution in [0.5, 0.6) is 0 Å². The van der Waals surface area contributed by atoms with E-state index in [0.717, 1.165) is 11.0 Å². The third kappa shape index (κ3) is 2.85. The molecule has 2 rings (SSSR count). The summed E-state index contributed by atoms with van der Waals surface area (Å²) in [6, 6.07) is 9.02. The van der Waals surface area contributed by atoms with Gasteiger partial charge in [0.25, 0.3) is 0 Å². The Labute approximate surface area is 121 Å². The summed E-state index contributed by atoms with van der Waals surface area (Å²) < 4.78 is 1.14. The van der Waals surface area contributed by atoms with Gasteiger partial charge in [0.1, 0.15) is 0 Å². The van der Waals surface area contributed by atoms with Crippen LogP contribution in [0.1, 0.15) is 34.5 Å². The molecule has 2 aromatic rings. The molecule has 0 radical (unpaired) electrons. The van der Waals surface area contributed by atoms with Crippen molar-refractivity contribution in [3.05, 3.63) is 55.7 Å². The number of rotatable bonds is 4. The first kappa shape index (κ1) is 13.8. The Kier molecular flexibility index (Phi) is 4.60. The standard InChI is InChI=1S/C15H18BrNS/c1-4-17-14(15-10(2)7-8-18-15)13-6-5-12(16)9-11(13)3/h5-9,14,17H,4H2,1-3H3. The molecule has 1 N–H and O–H groups in total. The molecule has 1 aromatic carbocycles.